The summed E-state index contributed by atoms with van der Waals surface area (Å²) in [7, 11) is 0. The highest BCUT2D eigenvalue weighted by Gasteiger charge is 2.21. The number of nitrogens with one attached hydrogen (secondary N) is 2. The highest BCUT2D eigenvalue weighted by Crippen LogP contribution is 2.15. The van der Waals surface area contributed by atoms with Crippen LogP contribution in [-0.2, 0) is 16.1 Å². The minimum Gasteiger partial charge on any atom is -0.366 e. The van der Waals surface area contributed by atoms with Crippen LogP contribution in [0, 0.1) is 0 Å². The number of ether oxygens (including phenoxy) is 1. The van der Waals surface area contributed by atoms with Gasteiger partial charge in [0.05, 0.1) is 12.1 Å². The zero-order chi connectivity index (χ0) is 13.8. The van der Waals surface area contributed by atoms with Crippen LogP contribution in [0.2, 0.25) is 0 Å². The number of fused-ring (bicyclic) bond motifs is 1. The molecule has 0 aliphatic carbocycles. The molecule has 20 heavy (non-hydrogen) atoms. The van der Waals surface area contributed by atoms with E-state index < -0.39 is 6.10 Å². The molecule has 5 nitrogen and oxygen atoms in total. The summed E-state index contributed by atoms with van der Waals surface area (Å²) in [5.41, 5.74) is 1.94. The van der Waals surface area contributed by atoms with Crippen molar-refractivity contribution in [3.8, 4) is 0 Å². The van der Waals surface area contributed by atoms with E-state index in [1.807, 2.05) is 30.3 Å². The Kier molecular flexibility index (Phi) is 3.90. The highest BCUT2D eigenvalue weighted by atomic mass is 16.5. The van der Waals surface area contributed by atoms with E-state index in [4.69, 9.17) is 4.74 Å². The number of nitrogens with zero attached hydrogens (tertiary/aromatic N) is 1. The van der Waals surface area contributed by atoms with E-state index >= 15 is 0 Å². The molecule has 3 rings (SSSR count). The van der Waals surface area contributed by atoms with Crippen LogP contribution < -0.4 is 10.6 Å². The number of hydrogen-bond acceptors (Lipinski definition) is 4. The maximum atomic E-state index is 12.0. The van der Waals surface area contributed by atoms with Crippen LogP contribution in [0.15, 0.2) is 36.5 Å². The molecule has 1 aliphatic rings. The van der Waals surface area contributed by atoms with E-state index in [0.717, 1.165) is 23.0 Å². The maximum Gasteiger partial charge on any atom is 0.250 e. The molecule has 0 saturated carbocycles. The predicted molar refractivity (Wildman–Crippen MR) is 76.2 cm³/mol. The zero-order valence-corrected chi connectivity index (χ0v) is 11.1. The topological polar surface area (TPSA) is 63.2 Å². The van der Waals surface area contributed by atoms with E-state index in [2.05, 4.69) is 15.6 Å². The summed E-state index contributed by atoms with van der Waals surface area (Å²) in [4.78, 5) is 16.4. The minimum absolute atomic E-state index is 0.0786. The first-order valence-corrected chi connectivity index (χ1v) is 6.77. The molecule has 0 radical (unpaired) electrons. The summed E-state index contributed by atoms with van der Waals surface area (Å²) in [5, 5.41) is 7.14. The maximum absolute atomic E-state index is 12.0. The average Bonchev–Trinajstić information content (AvgIpc) is 2.53. The van der Waals surface area contributed by atoms with E-state index in [-0.39, 0.29) is 5.91 Å². The van der Waals surface area contributed by atoms with Gasteiger partial charge in [-0.05, 0) is 11.6 Å². The summed E-state index contributed by atoms with van der Waals surface area (Å²) in [5.74, 6) is -0.0786. The summed E-state index contributed by atoms with van der Waals surface area (Å²) in [6.07, 6.45) is 1.37. The smallest absolute Gasteiger partial charge is 0.250 e. The van der Waals surface area contributed by atoms with Gasteiger partial charge in [-0.2, -0.15) is 0 Å². The molecule has 1 fully saturated rings. The lowest BCUT2D eigenvalue weighted by Gasteiger charge is -2.22. The molecular weight excluding hydrogens is 254 g/mol. The second-order valence-electron chi connectivity index (χ2n) is 4.77. The molecule has 1 unspecified atom stereocenters. The monoisotopic (exact) mass is 271 g/mol. The van der Waals surface area contributed by atoms with Crippen LogP contribution in [0.4, 0.5) is 0 Å². The summed E-state index contributed by atoms with van der Waals surface area (Å²) in [6, 6.07) is 9.90. The van der Waals surface area contributed by atoms with E-state index in [0.29, 0.717) is 19.7 Å². The number of rotatable bonds is 3. The number of hydrogen-bond donors (Lipinski definition) is 2. The Morgan fingerprint density at radius 3 is 3.15 bits per heavy atom. The Labute approximate surface area is 117 Å². The van der Waals surface area contributed by atoms with E-state index in [9.17, 15) is 4.79 Å². The van der Waals surface area contributed by atoms with Gasteiger partial charge in [-0.15, -0.1) is 0 Å². The fraction of sp³-hybridized carbons (Fsp3) is 0.333. The summed E-state index contributed by atoms with van der Waals surface area (Å²) >= 11 is 0. The molecule has 1 aliphatic heterocycles. The van der Waals surface area contributed by atoms with Crippen molar-refractivity contribution < 1.29 is 9.53 Å². The number of morpholine rings is 1. The van der Waals surface area contributed by atoms with E-state index in [1.54, 1.807) is 6.20 Å². The Bertz CT molecular complexity index is 604. The lowest BCUT2D eigenvalue weighted by molar-refractivity contribution is -0.134. The van der Waals surface area contributed by atoms with Gasteiger partial charge in [0.15, 0.2) is 0 Å². The molecule has 1 amide bonds. The first-order valence-electron chi connectivity index (χ1n) is 6.77. The van der Waals surface area contributed by atoms with Gasteiger partial charge < -0.3 is 15.4 Å². The SMILES string of the molecule is O=C(NCc1cccc2cccnc12)C1CNCCO1. The molecule has 2 N–H and O–H groups in total. The number of carbonyl (C=O) groups is 1. The van der Waals surface area contributed by atoms with Crippen molar-refractivity contribution in [3.63, 3.8) is 0 Å². The van der Waals surface area contributed by atoms with Crippen molar-refractivity contribution in [2.75, 3.05) is 19.7 Å². The molecule has 1 aromatic heterocycles. The van der Waals surface area contributed by atoms with Crippen LogP contribution in [-0.4, -0.2) is 36.7 Å². The molecule has 104 valence electrons. The van der Waals surface area contributed by atoms with Crippen molar-refractivity contribution in [3.05, 3.63) is 42.1 Å². The van der Waals surface area contributed by atoms with Crippen molar-refractivity contribution >= 4 is 16.8 Å². The number of pyridine rings is 1. The Morgan fingerprint density at radius 2 is 2.30 bits per heavy atom. The fourth-order valence-corrected chi connectivity index (χ4v) is 2.34. The number of carbonyl (C=O) groups excluding carboxylic acids is 1. The van der Waals surface area contributed by atoms with Gasteiger partial charge in [-0.25, -0.2) is 0 Å². The molecule has 0 spiro atoms. The zero-order valence-electron chi connectivity index (χ0n) is 11.1. The van der Waals surface area contributed by atoms with Crippen molar-refractivity contribution in [1.82, 2.24) is 15.6 Å². The number of aromatic nitrogens is 1. The van der Waals surface area contributed by atoms with Gasteiger partial charge in [-0.1, -0.05) is 24.3 Å². The summed E-state index contributed by atoms with van der Waals surface area (Å²) in [6.45, 7) is 2.41. The predicted octanol–water partition coefficient (Wildman–Crippen LogP) is 0.839. The Balaban J connectivity index is 1.69. The van der Waals surface area contributed by atoms with Gasteiger partial charge in [0, 0.05) is 31.2 Å². The average molecular weight is 271 g/mol. The molecule has 1 atom stereocenters. The minimum atomic E-state index is -0.397. The van der Waals surface area contributed by atoms with Crippen LogP contribution in [0.3, 0.4) is 0 Å². The van der Waals surface area contributed by atoms with Crippen LogP contribution in [0.25, 0.3) is 10.9 Å². The Morgan fingerprint density at radius 1 is 1.40 bits per heavy atom. The standard InChI is InChI=1S/C15H17N3O2/c19-15(13-10-16-7-8-20-13)18-9-12-4-1-3-11-5-2-6-17-14(11)12/h1-6,13,16H,7-10H2,(H,18,19). The first-order chi connectivity index (χ1) is 9.84. The fourth-order valence-electron chi connectivity index (χ4n) is 2.34. The Hall–Kier alpha value is -1.98. The molecule has 2 aromatic rings. The van der Waals surface area contributed by atoms with Crippen LogP contribution in [0.5, 0.6) is 0 Å². The molecule has 5 heteroatoms. The largest absolute Gasteiger partial charge is 0.366 e. The van der Waals surface area contributed by atoms with E-state index in [1.165, 1.54) is 0 Å². The lowest BCUT2D eigenvalue weighted by Crippen LogP contribution is -2.47. The number of benzene rings is 1. The molecular formula is C15H17N3O2. The third-order valence-electron chi connectivity index (χ3n) is 3.39. The molecule has 0 bridgehead atoms. The van der Waals surface area contributed by atoms with Gasteiger partial charge in [0.25, 0.3) is 5.91 Å². The number of amides is 1. The van der Waals surface area contributed by atoms with Crippen molar-refractivity contribution in [2.45, 2.75) is 12.6 Å². The molecule has 2 heterocycles. The molecule has 1 saturated heterocycles. The molecule has 1 aromatic carbocycles. The quantitative estimate of drug-likeness (QED) is 0.868. The number of para-hydroxylation sites is 1. The second kappa shape index (κ2) is 5.98. The van der Waals surface area contributed by atoms with Gasteiger partial charge in [0.2, 0.25) is 0 Å². The third kappa shape index (κ3) is 2.79. The third-order valence-corrected chi connectivity index (χ3v) is 3.39. The van der Waals surface area contributed by atoms with Crippen LogP contribution >= 0.6 is 0 Å². The second-order valence-corrected chi connectivity index (χ2v) is 4.77. The first kappa shape index (κ1) is 13.0. The highest BCUT2D eigenvalue weighted by molar-refractivity contribution is 5.84. The van der Waals surface area contributed by atoms with Gasteiger partial charge in [-0.3, -0.25) is 9.78 Å². The van der Waals surface area contributed by atoms with Gasteiger partial charge >= 0.3 is 0 Å². The van der Waals surface area contributed by atoms with Crippen molar-refractivity contribution in [1.29, 1.82) is 0 Å². The lowest BCUT2D eigenvalue weighted by atomic mass is 10.1. The van der Waals surface area contributed by atoms with Crippen LogP contribution in [0.1, 0.15) is 5.56 Å². The summed E-state index contributed by atoms with van der Waals surface area (Å²) < 4.78 is 5.43. The van der Waals surface area contributed by atoms with Gasteiger partial charge in [0.1, 0.15) is 6.10 Å². The van der Waals surface area contributed by atoms with Crippen molar-refractivity contribution in [2.24, 2.45) is 0 Å². The normalized spacial score (nSPS) is 18.9.